The first-order valence-electron chi connectivity index (χ1n) is 2.90. The first kappa shape index (κ1) is 7.60. The van der Waals surface area contributed by atoms with E-state index in [1.807, 2.05) is 24.3 Å². The summed E-state index contributed by atoms with van der Waals surface area (Å²) in [6, 6.07) is 7.94. The van der Waals surface area contributed by atoms with Crippen molar-refractivity contribution >= 4 is 28.3 Å². The van der Waals surface area contributed by atoms with Crippen molar-refractivity contribution in [3.8, 4) is 0 Å². The molecule has 2 N–H and O–H groups in total. The molecule has 0 saturated heterocycles. The van der Waals surface area contributed by atoms with Gasteiger partial charge in [-0.25, -0.2) is 0 Å². The molecule has 0 aliphatic carbocycles. The summed E-state index contributed by atoms with van der Waals surface area (Å²) in [5, 5.41) is 0. The van der Waals surface area contributed by atoms with Crippen molar-refractivity contribution < 1.29 is 0 Å². The van der Waals surface area contributed by atoms with Crippen LogP contribution in [0.15, 0.2) is 30.8 Å². The average Bonchev–Trinajstić information content (AvgIpc) is 1.88. The van der Waals surface area contributed by atoms with Crippen molar-refractivity contribution in [1.29, 1.82) is 0 Å². The summed E-state index contributed by atoms with van der Waals surface area (Å²) in [6.07, 6.45) is 0. The molecule has 0 radical (unpaired) electrons. The SMILES string of the molecule is C=C(N)c1ccc(I)cc1. The second-order valence-electron chi connectivity index (χ2n) is 2.03. The maximum absolute atomic E-state index is 5.47. The van der Waals surface area contributed by atoms with Gasteiger partial charge in [-0.05, 0) is 40.3 Å². The highest BCUT2D eigenvalue weighted by Crippen LogP contribution is 2.09. The fraction of sp³-hybridized carbons (Fsp3) is 0. The van der Waals surface area contributed by atoms with Crippen molar-refractivity contribution in [2.45, 2.75) is 0 Å². The molecule has 0 amide bonds. The Bertz CT molecular complexity index is 238. The Balaban J connectivity index is 3.00. The molecule has 0 aromatic heterocycles. The van der Waals surface area contributed by atoms with Crippen LogP contribution in [0.1, 0.15) is 5.56 Å². The summed E-state index contributed by atoms with van der Waals surface area (Å²) < 4.78 is 1.21. The Morgan fingerprint density at radius 3 is 2.20 bits per heavy atom. The van der Waals surface area contributed by atoms with Gasteiger partial charge in [0.25, 0.3) is 0 Å². The fourth-order valence-corrected chi connectivity index (χ4v) is 1.02. The van der Waals surface area contributed by atoms with Crippen LogP contribution in [0.5, 0.6) is 0 Å². The van der Waals surface area contributed by atoms with Crippen LogP contribution >= 0.6 is 22.6 Å². The average molecular weight is 245 g/mol. The van der Waals surface area contributed by atoms with Gasteiger partial charge in [0.05, 0.1) is 0 Å². The normalized spacial score (nSPS) is 9.30. The minimum absolute atomic E-state index is 0.622. The lowest BCUT2D eigenvalue weighted by Gasteiger charge is -1.97. The van der Waals surface area contributed by atoms with E-state index in [0.29, 0.717) is 5.70 Å². The fourth-order valence-electron chi connectivity index (χ4n) is 0.664. The van der Waals surface area contributed by atoms with E-state index in [4.69, 9.17) is 5.73 Å². The first-order valence-corrected chi connectivity index (χ1v) is 3.98. The van der Waals surface area contributed by atoms with E-state index in [1.165, 1.54) is 3.57 Å². The summed E-state index contributed by atoms with van der Waals surface area (Å²) in [5.41, 5.74) is 7.09. The van der Waals surface area contributed by atoms with Crippen molar-refractivity contribution in [1.82, 2.24) is 0 Å². The molecule has 52 valence electrons. The van der Waals surface area contributed by atoms with Gasteiger partial charge in [0, 0.05) is 9.27 Å². The summed E-state index contributed by atoms with van der Waals surface area (Å²) in [4.78, 5) is 0. The molecule has 0 heterocycles. The van der Waals surface area contributed by atoms with Gasteiger partial charge < -0.3 is 5.73 Å². The Kier molecular flexibility index (Phi) is 2.32. The molecule has 1 nitrogen and oxygen atoms in total. The maximum atomic E-state index is 5.47. The van der Waals surface area contributed by atoms with Crippen molar-refractivity contribution in [2.24, 2.45) is 5.73 Å². The number of hydrogen-bond acceptors (Lipinski definition) is 1. The van der Waals surface area contributed by atoms with Crippen LogP contribution in [0.3, 0.4) is 0 Å². The molecular weight excluding hydrogens is 237 g/mol. The minimum atomic E-state index is 0.622. The lowest BCUT2D eigenvalue weighted by molar-refractivity contribution is 1.51. The van der Waals surface area contributed by atoms with Crippen molar-refractivity contribution in [3.63, 3.8) is 0 Å². The molecule has 1 aromatic rings. The van der Waals surface area contributed by atoms with E-state index >= 15 is 0 Å². The molecule has 1 rings (SSSR count). The predicted octanol–water partition coefficient (Wildman–Crippen LogP) is 2.22. The third-order valence-corrected chi connectivity index (χ3v) is 1.93. The van der Waals surface area contributed by atoms with E-state index < -0.39 is 0 Å². The first-order chi connectivity index (χ1) is 4.70. The van der Waals surface area contributed by atoms with E-state index in [-0.39, 0.29) is 0 Å². The minimum Gasteiger partial charge on any atom is -0.399 e. The van der Waals surface area contributed by atoms with E-state index in [2.05, 4.69) is 29.2 Å². The second-order valence-corrected chi connectivity index (χ2v) is 3.28. The van der Waals surface area contributed by atoms with Crippen LogP contribution in [0, 0.1) is 3.57 Å². The van der Waals surface area contributed by atoms with Gasteiger partial charge in [-0.2, -0.15) is 0 Å². The summed E-state index contributed by atoms with van der Waals surface area (Å²) in [5.74, 6) is 0. The monoisotopic (exact) mass is 245 g/mol. The number of hydrogen-bond donors (Lipinski definition) is 1. The van der Waals surface area contributed by atoms with Gasteiger partial charge >= 0.3 is 0 Å². The molecule has 1 aromatic carbocycles. The Labute approximate surface area is 74.1 Å². The summed E-state index contributed by atoms with van der Waals surface area (Å²) >= 11 is 2.25. The van der Waals surface area contributed by atoms with Crippen molar-refractivity contribution in [3.05, 3.63) is 40.0 Å². The zero-order chi connectivity index (χ0) is 7.56. The van der Waals surface area contributed by atoms with Gasteiger partial charge in [-0.1, -0.05) is 18.7 Å². The van der Waals surface area contributed by atoms with Crippen LogP contribution in [0.4, 0.5) is 0 Å². The lowest BCUT2D eigenvalue weighted by atomic mass is 10.2. The number of rotatable bonds is 1. The molecule has 0 aliphatic rings. The van der Waals surface area contributed by atoms with E-state index in [9.17, 15) is 0 Å². The summed E-state index contributed by atoms with van der Waals surface area (Å²) in [7, 11) is 0. The maximum Gasteiger partial charge on any atom is 0.0314 e. The molecule has 10 heavy (non-hydrogen) atoms. The molecule has 2 heteroatoms. The number of halogens is 1. The Hall–Kier alpha value is -0.510. The smallest absolute Gasteiger partial charge is 0.0314 e. The van der Waals surface area contributed by atoms with Crippen LogP contribution in [0.25, 0.3) is 5.70 Å². The second kappa shape index (κ2) is 3.05. The zero-order valence-electron chi connectivity index (χ0n) is 5.47. The zero-order valence-corrected chi connectivity index (χ0v) is 7.63. The van der Waals surface area contributed by atoms with Crippen LogP contribution in [0.2, 0.25) is 0 Å². The largest absolute Gasteiger partial charge is 0.399 e. The van der Waals surface area contributed by atoms with Gasteiger partial charge in [-0.3, -0.25) is 0 Å². The predicted molar refractivity (Wildman–Crippen MR) is 52.4 cm³/mol. The Morgan fingerprint density at radius 1 is 1.30 bits per heavy atom. The van der Waals surface area contributed by atoms with E-state index in [1.54, 1.807) is 0 Å². The van der Waals surface area contributed by atoms with Gasteiger partial charge in [-0.15, -0.1) is 0 Å². The molecule has 0 fully saturated rings. The van der Waals surface area contributed by atoms with Gasteiger partial charge in [0.1, 0.15) is 0 Å². The number of nitrogens with two attached hydrogens (primary N) is 1. The number of benzene rings is 1. The highest BCUT2D eigenvalue weighted by atomic mass is 127. The quantitative estimate of drug-likeness (QED) is 0.754. The summed E-state index contributed by atoms with van der Waals surface area (Å²) in [6.45, 7) is 3.63. The van der Waals surface area contributed by atoms with Gasteiger partial charge in [0.15, 0.2) is 0 Å². The molecule has 0 saturated carbocycles. The topological polar surface area (TPSA) is 26.0 Å². The van der Waals surface area contributed by atoms with Crippen LogP contribution in [-0.2, 0) is 0 Å². The molecule has 0 bridgehead atoms. The molecule has 0 spiro atoms. The molecule has 0 aliphatic heterocycles. The standard InChI is InChI=1S/C8H8IN/c1-6(10)7-2-4-8(9)5-3-7/h2-5H,1,10H2. The van der Waals surface area contributed by atoms with Crippen LogP contribution in [-0.4, -0.2) is 0 Å². The highest BCUT2D eigenvalue weighted by molar-refractivity contribution is 14.1. The molecule has 0 unspecified atom stereocenters. The third-order valence-electron chi connectivity index (χ3n) is 1.22. The van der Waals surface area contributed by atoms with Crippen molar-refractivity contribution in [2.75, 3.05) is 0 Å². The van der Waals surface area contributed by atoms with Crippen LogP contribution < -0.4 is 5.73 Å². The Morgan fingerprint density at radius 2 is 1.80 bits per heavy atom. The highest BCUT2D eigenvalue weighted by Gasteiger charge is 1.90. The van der Waals surface area contributed by atoms with Gasteiger partial charge in [0.2, 0.25) is 0 Å². The van der Waals surface area contributed by atoms with E-state index in [0.717, 1.165) is 5.56 Å². The lowest BCUT2D eigenvalue weighted by Crippen LogP contribution is -1.92. The molecule has 0 atom stereocenters. The third kappa shape index (κ3) is 1.73. The molecular formula is C8H8IN.